The number of carbonyl (C=O) groups is 4. The Bertz CT molecular complexity index is 6500. The number of fused-ring (bicyclic) bond motifs is 4. The lowest BCUT2D eigenvalue weighted by Gasteiger charge is -2.34. The number of aromatic nitrogens is 11. The second-order valence-electron chi connectivity index (χ2n) is 31.8. The quantitative estimate of drug-likeness (QED) is 0.0675. The Hall–Kier alpha value is -10.1. The second-order valence-corrected chi connectivity index (χ2v) is 38.6. The Balaban J connectivity index is 0.000000131. The van der Waals surface area contributed by atoms with E-state index in [2.05, 4.69) is 54.8 Å². The van der Waals surface area contributed by atoms with E-state index in [1.165, 1.54) is 19.2 Å². The van der Waals surface area contributed by atoms with Crippen molar-refractivity contribution in [3.8, 4) is 56.4 Å². The SMILES string of the molecule is CC(=O)N1CCN(Cc2c(-c3ccc(Cl)cc3Cl)nc3ccc(-c4ncon4)cn23)CC1.CC(=O)N1CCN(Cc2c(-c3ccc(Cl)cc3Cl)nc3ccc(NS(C)(=O)=O)cn23)CC1.CCS(=O)(=O)Nc1ccc2nc(-c3ccc(Cl)cc3)c(CN3CCN(C(C)=O)CC3)n2c1.COCC(=O)N1CCN(Cc2c(-c3ccc(Cl)cc3Cl)nc3cnc(C4CC4)cn23)CC1. The van der Waals surface area contributed by atoms with E-state index in [9.17, 15) is 36.0 Å². The van der Waals surface area contributed by atoms with Gasteiger partial charge in [-0.2, -0.15) is 4.98 Å². The number of hydrogen-bond donors (Lipinski definition) is 2. The van der Waals surface area contributed by atoms with Crippen molar-refractivity contribution in [1.29, 1.82) is 0 Å². The van der Waals surface area contributed by atoms with Crippen LogP contribution in [0.25, 0.3) is 79.0 Å². The minimum Gasteiger partial charge on any atom is -0.375 e. The molecule has 0 bridgehead atoms. The van der Waals surface area contributed by atoms with Gasteiger partial charge in [-0.1, -0.05) is 98.5 Å². The fraction of sp³-hybridized carbons (Fsp3) is 0.352. The minimum absolute atomic E-state index is 0.00171. The van der Waals surface area contributed by atoms with Crippen molar-refractivity contribution in [2.24, 2.45) is 0 Å². The smallest absolute Gasteiger partial charge is 0.248 e. The lowest BCUT2D eigenvalue weighted by atomic mass is 10.1. The highest BCUT2D eigenvalue weighted by molar-refractivity contribution is 7.92. The number of hydrogen-bond acceptors (Lipinski definition) is 21. The highest BCUT2D eigenvalue weighted by atomic mass is 35.5. The van der Waals surface area contributed by atoms with Crippen LogP contribution in [0.3, 0.4) is 0 Å². The van der Waals surface area contributed by atoms with Crippen LogP contribution in [-0.4, -0.2) is 263 Å². The molecule has 5 aliphatic rings. The molecule has 128 heavy (non-hydrogen) atoms. The molecule has 4 aliphatic heterocycles. The molecule has 31 nitrogen and oxygen atoms in total. The van der Waals surface area contributed by atoms with Crippen molar-refractivity contribution in [2.75, 3.05) is 140 Å². The summed E-state index contributed by atoms with van der Waals surface area (Å²) in [6, 6.07) is 34.5. The number of nitrogens with zero attached hydrogens (tertiary/aromatic N) is 19. The van der Waals surface area contributed by atoms with Crippen molar-refractivity contribution < 1.29 is 45.3 Å². The Morgan fingerprint density at radius 1 is 0.438 bits per heavy atom. The van der Waals surface area contributed by atoms with E-state index >= 15 is 0 Å². The molecular formula is C88H94Cl7N21O10S2. The van der Waals surface area contributed by atoms with Gasteiger partial charge in [0, 0.05) is 237 Å². The highest BCUT2D eigenvalue weighted by Gasteiger charge is 2.32. The van der Waals surface area contributed by atoms with Gasteiger partial charge in [0.05, 0.1) is 95.9 Å². The summed E-state index contributed by atoms with van der Waals surface area (Å²) < 4.78 is 70.6. The van der Waals surface area contributed by atoms with Crippen LogP contribution in [0.1, 0.15) is 74.9 Å². The molecule has 9 aromatic heterocycles. The van der Waals surface area contributed by atoms with Crippen LogP contribution in [0.4, 0.5) is 11.4 Å². The number of carbonyl (C=O) groups excluding carboxylic acids is 4. The fourth-order valence-electron chi connectivity index (χ4n) is 15.9. The van der Waals surface area contributed by atoms with Crippen LogP contribution in [0.15, 0.2) is 157 Å². The van der Waals surface area contributed by atoms with Gasteiger partial charge in [-0.3, -0.25) is 66.4 Å². The van der Waals surface area contributed by atoms with E-state index in [4.69, 9.17) is 110 Å². The molecule has 0 atom stereocenters. The zero-order chi connectivity index (χ0) is 90.4. The molecule has 13 heterocycles. The standard InChI is InChI=1S/C23H25Cl2N5O2.C22H20Cl2N6O2.C22H26ClN5O3S.C21H23Cl2N5O3S/c1-32-14-22(31)29-8-6-28(7-9-29)13-20-23(17-5-4-16(24)10-18(17)25)27-21-11-26-19(12-30(20)21)15-2-3-15;1-14(31)29-8-6-28(7-9-29)12-19-21(17-4-3-16(23)10-18(17)24)26-20-5-2-15(11-30(19)20)22-25-13-32-27-22;1-3-32(30,31)25-19-8-9-21-24-22(17-4-6-18(23)7-5-17)20(28(21)14-19)15-26-10-12-27(13-11-26)16(2)29;1-14(29)27-9-7-26(8-10-27)13-19-21(17-5-3-15(22)11-18(17)23)24-20-6-4-16(12-28(19)20)25-32(2,30)31/h4-5,10-12,15H,2-3,6-9,13-14H2,1H3;2-5,10-11,13H,6-9,12H2,1H3;4-9,14,25H,3,10-13,15H2,1-2H3;3-6,11-12,25H,7-10,13H2,1-2H3. The number of pyridine rings is 3. The van der Waals surface area contributed by atoms with E-state index in [1.807, 2.05) is 118 Å². The number of anilines is 2. The average molecular weight is 1920 g/mol. The summed E-state index contributed by atoms with van der Waals surface area (Å²) in [5.74, 6) is 1.37. The molecule has 5 fully saturated rings. The van der Waals surface area contributed by atoms with Gasteiger partial charge in [0.25, 0.3) is 0 Å². The summed E-state index contributed by atoms with van der Waals surface area (Å²) in [4.78, 5) is 92.0. The third-order valence-corrected chi connectivity index (χ3v) is 26.8. The van der Waals surface area contributed by atoms with Crippen molar-refractivity contribution in [1.82, 2.24) is 91.9 Å². The Morgan fingerprint density at radius 3 is 1.20 bits per heavy atom. The molecule has 4 saturated heterocycles. The summed E-state index contributed by atoms with van der Waals surface area (Å²) in [6.07, 6.45) is 14.2. The molecule has 1 aliphatic carbocycles. The molecule has 40 heteroatoms. The van der Waals surface area contributed by atoms with E-state index in [0.29, 0.717) is 148 Å². The number of nitrogens with one attached hydrogen (secondary N) is 2. The first-order valence-electron chi connectivity index (χ1n) is 41.6. The number of halogens is 7. The van der Waals surface area contributed by atoms with Crippen molar-refractivity contribution in [2.45, 2.75) is 72.6 Å². The molecule has 672 valence electrons. The van der Waals surface area contributed by atoms with E-state index < -0.39 is 20.0 Å². The number of sulfonamides is 2. The zero-order valence-electron chi connectivity index (χ0n) is 71.0. The first-order chi connectivity index (χ1) is 61.4. The molecule has 2 N–H and O–H groups in total. The molecule has 4 amide bonds. The zero-order valence-corrected chi connectivity index (χ0v) is 77.9. The van der Waals surface area contributed by atoms with Gasteiger partial charge in [0.15, 0.2) is 5.65 Å². The van der Waals surface area contributed by atoms with Crippen LogP contribution >= 0.6 is 81.2 Å². The topological polar surface area (TPSA) is 317 Å². The number of ether oxygens (including phenoxy) is 1. The Morgan fingerprint density at radius 2 is 0.812 bits per heavy atom. The first-order valence-corrected chi connectivity index (χ1v) is 47.8. The largest absolute Gasteiger partial charge is 0.375 e. The van der Waals surface area contributed by atoms with Crippen molar-refractivity contribution in [3.63, 3.8) is 0 Å². The number of methoxy groups -OCH3 is 1. The number of benzene rings is 4. The van der Waals surface area contributed by atoms with Gasteiger partial charge < -0.3 is 33.3 Å². The number of imidazole rings is 4. The molecule has 4 aromatic carbocycles. The molecule has 0 spiro atoms. The van der Waals surface area contributed by atoms with Gasteiger partial charge >= 0.3 is 0 Å². The number of amides is 4. The van der Waals surface area contributed by atoms with Gasteiger partial charge in [0.2, 0.25) is 55.9 Å². The van der Waals surface area contributed by atoms with E-state index in [1.54, 1.807) is 89.7 Å². The summed E-state index contributed by atoms with van der Waals surface area (Å²) in [5, 5.41) is 7.90. The van der Waals surface area contributed by atoms with Gasteiger partial charge in [0.1, 0.15) is 23.5 Å². The third-order valence-electron chi connectivity index (χ3n) is 23.0. The molecule has 0 unspecified atom stereocenters. The maximum absolute atomic E-state index is 12.1. The van der Waals surface area contributed by atoms with E-state index in [-0.39, 0.29) is 36.0 Å². The molecule has 0 radical (unpaired) electrons. The van der Waals surface area contributed by atoms with E-state index in [0.717, 1.165) is 149 Å². The monoisotopic (exact) mass is 1910 g/mol. The predicted molar refractivity (Wildman–Crippen MR) is 499 cm³/mol. The summed E-state index contributed by atoms with van der Waals surface area (Å²) >= 11 is 44.0. The summed E-state index contributed by atoms with van der Waals surface area (Å²) in [6.45, 7) is 20.6. The lowest BCUT2D eigenvalue weighted by Crippen LogP contribution is -2.49. The first kappa shape index (κ1) is 92.6. The Kier molecular flexibility index (Phi) is 29.3. The van der Waals surface area contributed by atoms with Crippen LogP contribution in [-0.2, 0) is 70.1 Å². The number of rotatable bonds is 21. The Labute approximate surface area is 775 Å². The number of piperazine rings is 4. The predicted octanol–water partition coefficient (Wildman–Crippen LogP) is 14.3. The maximum Gasteiger partial charge on any atom is 0.248 e. The molecular weight excluding hydrogens is 1820 g/mol. The molecule has 1 saturated carbocycles. The minimum atomic E-state index is -3.42. The normalized spacial score (nSPS) is 15.7. The second kappa shape index (κ2) is 40.5. The molecule has 18 rings (SSSR count). The van der Waals surface area contributed by atoms with Crippen LogP contribution in [0, 0.1) is 0 Å². The van der Waals surface area contributed by atoms with Crippen LogP contribution in [0.5, 0.6) is 0 Å². The average Bonchev–Trinajstić information content (AvgIpc) is 1.63. The summed E-state index contributed by atoms with van der Waals surface area (Å²) in [5.41, 5.74) is 16.3. The van der Waals surface area contributed by atoms with Gasteiger partial charge in [-0.15, -0.1) is 0 Å². The summed E-state index contributed by atoms with van der Waals surface area (Å²) in [7, 11) is -5.27. The molecule has 13 aromatic rings. The van der Waals surface area contributed by atoms with Gasteiger partial charge in [-0.25, -0.2) is 36.8 Å². The van der Waals surface area contributed by atoms with Crippen LogP contribution < -0.4 is 9.44 Å². The maximum atomic E-state index is 12.1. The lowest BCUT2D eigenvalue weighted by molar-refractivity contribution is -0.137. The van der Waals surface area contributed by atoms with Crippen LogP contribution in [0.2, 0.25) is 35.2 Å². The fourth-order valence-corrected chi connectivity index (χ4v) is 18.7. The van der Waals surface area contributed by atoms with Crippen molar-refractivity contribution >= 4 is 159 Å². The van der Waals surface area contributed by atoms with Gasteiger partial charge in [-0.05, 0) is 123 Å². The van der Waals surface area contributed by atoms with Crippen molar-refractivity contribution in [3.05, 3.63) is 216 Å². The highest BCUT2D eigenvalue weighted by Crippen LogP contribution is 2.42. The third kappa shape index (κ3) is 22.5.